The molecule has 0 radical (unpaired) electrons. The van der Waals surface area contributed by atoms with Gasteiger partial charge >= 0.3 is 11.9 Å². The Morgan fingerprint density at radius 1 is 1.26 bits per heavy atom. The van der Waals surface area contributed by atoms with Crippen molar-refractivity contribution >= 4 is 11.9 Å². The highest BCUT2D eigenvalue weighted by atomic mass is 16.5. The van der Waals surface area contributed by atoms with Crippen molar-refractivity contribution in [2.24, 2.45) is 11.3 Å². The molecule has 0 aromatic heterocycles. The summed E-state index contributed by atoms with van der Waals surface area (Å²) in [5, 5.41) is 9.21. The van der Waals surface area contributed by atoms with Crippen LogP contribution in [0.15, 0.2) is 30.3 Å². The van der Waals surface area contributed by atoms with Crippen molar-refractivity contribution in [2.45, 2.75) is 26.7 Å². The summed E-state index contributed by atoms with van der Waals surface area (Å²) < 4.78 is 4.59. The first-order valence-electron chi connectivity index (χ1n) is 6.23. The van der Waals surface area contributed by atoms with Crippen molar-refractivity contribution in [3.05, 3.63) is 35.9 Å². The summed E-state index contributed by atoms with van der Waals surface area (Å²) in [5.74, 6) is -2.96. The molecule has 0 bridgehead atoms. The van der Waals surface area contributed by atoms with Gasteiger partial charge in [-0.05, 0) is 23.8 Å². The minimum atomic E-state index is -1.14. The molecule has 1 atom stereocenters. The van der Waals surface area contributed by atoms with E-state index in [9.17, 15) is 14.7 Å². The molecule has 0 amide bonds. The number of methoxy groups -OCH3 is 1. The van der Waals surface area contributed by atoms with Gasteiger partial charge in [0.2, 0.25) is 0 Å². The molecule has 1 aromatic rings. The predicted molar refractivity (Wildman–Crippen MR) is 71.7 cm³/mol. The number of ether oxygens (including phenoxy) is 1. The highest BCUT2D eigenvalue weighted by molar-refractivity contribution is 5.94. The smallest absolute Gasteiger partial charge is 0.320 e. The number of aryl methyl sites for hydroxylation is 1. The fourth-order valence-corrected chi connectivity index (χ4v) is 2.13. The number of carboxylic acids is 1. The highest BCUT2D eigenvalue weighted by Crippen LogP contribution is 2.33. The molecule has 4 nitrogen and oxygen atoms in total. The minimum Gasteiger partial charge on any atom is -0.481 e. The summed E-state index contributed by atoms with van der Waals surface area (Å²) in [6.07, 6.45) is 1.33. The summed E-state index contributed by atoms with van der Waals surface area (Å²) in [6, 6.07) is 9.80. The van der Waals surface area contributed by atoms with Crippen LogP contribution in [0.2, 0.25) is 0 Å². The van der Waals surface area contributed by atoms with Gasteiger partial charge < -0.3 is 9.84 Å². The standard InChI is InChI=1S/C15H20O4/c1-15(2,12(13(16)17)14(18)19-3)10-9-11-7-5-4-6-8-11/h4-8,12H,9-10H2,1-3H3,(H,16,17). The largest absolute Gasteiger partial charge is 0.481 e. The van der Waals surface area contributed by atoms with Crippen molar-refractivity contribution in [3.8, 4) is 0 Å². The number of benzene rings is 1. The van der Waals surface area contributed by atoms with E-state index in [2.05, 4.69) is 4.74 Å². The maximum Gasteiger partial charge on any atom is 0.320 e. The molecule has 1 N–H and O–H groups in total. The SMILES string of the molecule is COC(=O)C(C(=O)O)C(C)(C)CCc1ccccc1. The van der Waals surface area contributed by atoms with Crippen molar-refractivity contribution in [1.29, 1.82) is 0 Å². The molecule has 0 heterocycles. The fourth-order valence-electron chi connectivity index (χ4n) is 2.13. The van der Waals surface area contributed by atoms with Gasteiger partial charge in [0.25, 0.3) is 0 Å². The third-order valence-corrected chi connectivity index (χ3v) is 3.37. The van der Waals surface area contributed by atoms with Crippen LogP contribution in [0.3, 0.4) is 0 Å². The number of carbonyl (C=O) groups excluding carboxylic acids is 1. The zero-order valence-electron chi connectivity index (χ0n) is 11.6. The van der Waals surface area contributed by atoms with Crippen molar-refractivity contribution in [3.63, 3.8) is 0 Å². The van der Waals surface area contributed by atoms with Gasteiger partial charge in [-0.25, -0.2) is 0 Å². The molecule has 1 rings (SSSR count). The number of rotatable bonds is 6. The van der Waals surface area contributed by atoms with E-state index in [1.54, 1.807) is 13.8 Å². The van der Waals surface area contributed by atoms with Crippen LogP contribution in [0.25, 0.3) is 0 Å². The molecule has 0 saturated heterocycles. The molecule has 0 fully saturated rings. The van der Waals surface area contributed by atoms with E-state index in [1.165, 1.54) is 7.11 Å². The lowest BCUT2D eigenvalue weighted by Gasteiger charge is -2.29. The number of esters is 1. The van der Waals surface area contributed by atoms with E-state index in [4.69, 9.17) is 0 Å². The lowest BCUT2D eigenvalue weighted by Crippen LogP contribution is -2.38. The lowest BCUT2D eigenvalue weighted by molar-refractivity contribution is -0.162. The van der Waals surface area contributed by atoms with Gasteiger partial charge in [0.1, 0.15) is 0 Å². The molecule has 1 unspecified atom stereocenters. The molecule has 4 heteroatoms. The molecule has 0 aliphatic rings. The molecule has 19 heavy (non-hydrogen) atoms. The van der Waals surface area contributed by atoms with Crippen molar-refractivity contribution in [2.75, 3.05) is 7.11 Å². The van der Waals surface area contributed by atoms with Gasteiger partial charge in [0, 0.05) is 0 Å². The third-order valence-electron chi connectivity index (χ3n) is 3.37. The van der Waals surface area contributed by atoms with Crippen LogP contribution in [0.4, 0.5) is 0 Å². The fraction of sp³-hybridized carbons (Fsp3) is 0.467. The van der Waals surface area contributed by atoms with E-state index in [1.807, 2.05) is 30.3 Å². The van der Waals surface area contributed by atoms with Gasteiger partial charge in [-0.15, -0.1) is 0 Å². The van der Waals surface area contributed by atoms with Crippen LogP contribution >= 0.6 is 0 Å². The van der Waals surface area contributed by atoms with Gasteiger partial charge in [-0.1, -0.05) is 44.2 Å². The van der Waals surface area contributed by atoms with E-state index < -0.39 is 23.3 Å². The monoisotopic (exact) mass is 264 g/mol. The molecule has 0 aliphatic carbocycles. The third kappa shape index (κ3) is 4.09. The molecule has 104 valence electrons. The van der Waals surface area contributed by atoms with Crippen molar-refractivity contribution < 1.29 is 19.4 Å². The Kier molecular flexibility index (Phi) is 5.10. The van der Waals surface area contributed by atoms with Gasteiger partial charge in [-0.2, -0.15) is 0 Å². The zero-order chi connectivity index (χ0) is 14.5. The second kappa shape index (κ2) is 6.36. The summed E-state index contributed by atoms with van der Waals surface area (Å²) in [6.45, 7) is 3.57. The Labute approximate surface area is 113 Å². The molecular formula is C15H20O4. The van der Waals surface area contributed by atoms with Gasteiger partial charge in [0.15, 0.2) is 5.92 Å². The summed E-state index contributed by atoms with van der Waals surface area (Å²) in [4.78, 5) is 22.9. The van der Waals surface area contributed by atoms with E-state index in [0.29, 0.717) is 6.42 Å². The lowest BCUT2D eigenvalue weighted by atomic mass is 9.74. The van der Waals surface area contributed by atoms with Crippen LogP contribution in [0.1, 0.15) is 25.8 Å². The Balaban J connectivity index is 2.77. The average Bonchev–Trinajstić information content (AvgIpc) is 2.37. The molecule has 0 saturated carbocycles. The number of hydrogen-bond donors (Lipinski definition) is 1. The second-order valence-corrected chi connectivity index (χ2v) is 5.27. The first-order valence-corrected chi connectivity index (χ1v) is 6.23. The number of carboxylic acid groups (broad SMARTS) is 1. The number of hydrogen-bond acceptors (Lipinski definition) is 3. The number of carbonyl (C=O) groups is 2. The average molecular weight is 264 g/mol. The van der Waals surface area contributed by atoms with Crippen molar-refractivity contribution in [1.82, 2.24) is 0 Å². The molecular weight excluding hydrogens is 244 g/mol. The van der Waals surface area contributed by atoms with Crippen LogP contribution in [-0.2, 0) is 20.7 Å². The normalized spacial score (nSPS) is 12.8. The second-order valence-electron chi connectivity index (χ2n) is 5.27. The Hall–Kier alpha value is -1.84. The van der Waals surface area contributed by atoms with Crippen LogP contribution < -0.4 is 0 Å². The topological polar surface area (TPSA) is 63.6 Å². The molecule has 1 aromatic carbocycles. The maximum atomic E-state index is 11.6. The quantitative estimate of drug-likeness (QED) is 0.633. The van der Waals surface area contributed by atoms with Crippen LogP contribution in [0.5, 0.6) is 0 Å². The summed E-state index contributed by atoms with van der Waals surface area (Å²) >= 11 is 0. The van der Waals surface area contributed by atoms with E-state index >= 15 is 0 Å². The summed E-state index contributed by atoms with van der Waals surface area (Å²) in [5.41, 5.74) is 0.471. The summed E-state index contributed by atoms with van der Waals surface area (Å²) in [7, 11) is 1.21. The maximum absolute atomic E-state index is 11.6. The predicted octanol–water partition coefficient (Wildman–Crippen LogP) is 2.52. The first-order chi connectivity index (χ1) is 8.88. The highest BCUT2D eigenvalue weighted by Gasteiger charge is 2.41. The minimum absolute atomic E-state index is 0.600. The Morgan fingerprint density at radius 2 is 1.84 bits per heavy atom. The first kappa shape index (κ1) is 15.2. The molecule has 0 spiro atoms. The number of aliphatic carboxylic acids is 1. The Morgan fingerprint density at radius 3 is 2.32 bits per heavy atom. The zero-order valence-corrected chi connectivity index (χ0v) is 11.6. The van der Waals surface area contributed by atoms with Crippen LogP contribution in [0, 0.1) is 11.3 Å². The van der Waals surface area contributed by atoms with Crippen LogP contribution in [-0.4, -0.2) is 24.2 Å². The van der Waals surface area contributed by atoms with Gasteiger partial charge in [-0.3, -0.25) is 9.59 Å². The van der Waals surface area contributed by atoms with E-state index in [0.717, 1.165) is 12.0 Å². The van der Waals surface area contributed by atoms with Gasteiger partial charge in [0.05, 0.1) is 7.11 Å². The van der Waals surface area contributed by atoms with E-state index in [-0.39, 0.29) is 0 Å². The molecule has 0 aliphatic heterocycles. The Bertz CT molecular complexity index is 437.